The molecule has 0 radical (unpaired) electrons. The molecule has 0 fully saturated rings. The molecule has 3 N–H and O–H groups in total. The zero-order valence-corrected chi connectivity index (χ0v) is 6.96. The lowest BCUT2D eigenvalue weighted by Gasteiger charge is -2.18. The molecule has 0 saturated carbocycles. The summed E-state index contributed by atoms with van der Waals surface area (Å²) in [5.74, 6) is -1.03. The summed E-state index contributed by atoms with van der Waals surface area (Å²) in [4.78, 5) is 10.4. The molecule has 0 saturated heterocycles. The maximum atomic E-state index is 10.4. The molecule has 0 aromatic carbocycles. The van der Waals surface area contributed by atoms with Crippen LogP contribution in [0, 0.1) is 0 Å². The van der Waals surface area contributed by atoms with Gasteiger partial charge in [0.25, 0.3) is 0 Å². The van der Waals surface area contributed by atoms with Gasteiger partial charge in [0.2, 0.25) is 0 Å². The van der Waals surface area contributed by atoms with Crippen LogP contribution in [0.3, 0.4) is 0 Å². The summed E-state index contributed by atoms with van der Waals surface area (Å²) in [7, 11) is 0. The van der Waals surface area contributed by atoms with E-state index in [9.17, 15) is 4.79 Å². The van der Waals surface area contributed by atoms with Crippen molar-refractivity contribution < 1.29 is 14.6 Å². The topological polar surface area (TPSA) is 72.5 Å². The molecule has 0 amide bonds. The number of ether oxygens (including phenoxy) is 1. The summed E-state index contributed by atoms with van der Waals surface area (Å²) in [6.45, 7) is 4.01. The highest BCUT2D eigenvalue weighted by atomic mass is 16.5. The van der Waals surface area contributed by atoms with Gasteiger partial charge in [0.1, 0.15) is 5.54 Å². The summed E-state index contributed by atoms with van der Waals surface area (Å²) in [5.41, 5.74) is 4.12. The molecule has 1 atom stereocenters. The van der Waals surface area contributed by atoms with E-state index >= 15 is 0 Å². The molecule has 0 aromatic rings. The summed E-state index contributed by atoms with van der Waals surface area (Å²) < 4.78 is 5.00. The Kier molecular flexibility index (Phi) is 4.07. The maximum Gasteiger partial charge on any atom is 0.325 e. The van der Waals surface area contributed by atoms with Gasteiger partial charge in [0.15, 0.2) is 0 Å². The fourth-order valence-corrected chi connectivity index (χ4v) is 0.490. The fourth-order valence-electron chi connectivity index (χ4n) is 0.490. The van der Waals surface area contributed by atoms with Crippen LogP contribution in [0.2, 0.25) is 0 Å². The van der Waals surface area contributed by atoms with Gasteiger partial charge >= 0.3 is 5.97 Å². The van der Waals surface area contributed by atoms with Crippen LogP contribution in [0.1, 0.15) is 20.3 Å². The smallest absolute Gasteiger partial charge is 0.325 e. The third-order valence-corrected chi connectivity index (χ3v) is 1.24. The fraction of sp³-hybridized carbons (Fsp3) is 0.857. The third kappa shape index (κ3) is 3.95. The average molecular weight is 161 g/mol. The molecule has 4 heteroatoms. The van der Waals surface area contributed by atoms with Gasteiger partial charge in [-0.15, -0.1) is 0 Å². The van der Waals surface area contributed by atoms with E-state index in [4.69, 9.17) is 15.6 Å². The molecule has 0 aliphatic heterocycles. The van der Waals surface area contributed by atoms with Crippen molar-refractivity contribution in [2.75, 3.05) is 13.2 Å². The molecule has 0 heterocycles. The molecule has 0 aromatic heterocycles. The number of hydrogen-bond donors (Lipinski definition) is 2. The van der Waals surface area contributed by atoms with Gasteiger partial charge in [-0.1, -0.05) is 6.92 Å². The van der Waals surface area contributed by atoms with Crippen LogP contribution in [0.5, 0.6) is 0 Å². The molecule has 1 unspecified atom stereocenters. The van der Waals surface area contributed by atoms with Gasteiger partial charge in [-0.25, -0.2) is 0 Å². The van der Waals surface area contributed by atoms with Crippen LogP contribution in [0.25, 0.3) is 0 Å². The van der Waals surface area contributed by atoms with Crippen molar-refractivity contribution in [1.29, 1.82) is 0 Å². The highest BCUT2D eigenvalue weighted by molar-refractivity contribution is 5.77. The maximum absolute atomic E-state index is 10.4. The number of carboxylic acid groups (broad SMARTS) is 1. The molecule has 66 valence electrons. The van der Waals surface area contributed by atoms with Crippen molar-refractivity contribution in [2.45, 2.75) is 25.8 Å². The minimum absolute atomic E-state index is 0.0656. The van der Waals surface area contributed by atoms with Gasteiger partial charge in [-0.3, -0.25) is 4.79 Å². The molecule has 0 aliphatic rings. The largest absolute Gasteiger partial charge is 0.480 e. The Morgan fingerprint density at radius 3 is 2.64 bits per heavy atom. The Bertz CT molecular complexity index is 134. The van der Waals surface area contributed by atoms with Crippen LogP contribution >= 0.6 is 0 Å². The monoisotopic (exact) mass is 161 g/mol. The van der Waals surface area contributed by atoms with Gasteiger partial charge in [-0.2, -0.15) is 0 Å². The molecule has 4 nitrogen and oxygen atoms in total. The van der Waals surface area contributed by atoms with E-state index in [1.807, 2.05) is 6.92 Å². The highest BCUT2D eigenvalue weighted by Gasteiger charge is 2.27. The van der Waals surface area contributed by atoms with E-state index in [0.29, 0.717) is 6.61 Å². The van der Waals surface area contributed by atoms with E-state index in [-0.39, 0.29) is 6.61 Å². The molecule has 0 aliphatic carbocycles. The first kappa shape index (κ1) is 10.4. The zero-order valence-electron chi connectivity index (χ0n) is 6.96. The highest BCUT2D eigenvalue weighted by Crippen LogP contribution is 1.99. The minimum Gasteiger partial charge on any atom is -0.480 e. The van der Waals surface area contributed by atoms with Crippen molar-refractivity contribution in [3.05, 3.63) is 0 Å². The van der Waals surface area contributed by atoms with Crippen molar-refractivity contribution in [2.24, 2.45) is 5.73 Å². The van der Waals surface area contributed by atoms with E-state index < -0.39 is 11.5 Å². The van der Waals surface area contributed by atoms with Crippen molar-refractivity contribution in [3.63, 3.8) is 0 Å². The third-order valence-electron chi connectivity index (χ3n) is 1.24. The Morgan fingerprint density at radius 2 is 2.27 bits per heavy atom. The lowest BCUT2D eigenvalue weighted by Crippen LogP contribution is -2.49. The first-order chi connectivity index (χ1) is 5.00. The number of carboxylic acids is 1. The quantitative estimate of drug-likeness (QED) is 0.565. The summed E-state index contributed by atoms with van der Waals surface area (Å²) in [6, 6.07) is 0. The Balaban J connectivity index is 3.64. The Labute approximate surface area is 66.3 Å². The predicted molar refractivity (Wildman–Crippen MR) is 41.3 cm³/mol. The number of rotatable bonds is 5. The van der Waals surface area contributed by atoms with Gasteiger partial charge in [0.05, 0.1) is 6.61 Å². The van der Waals surface area contributed by atoms with Crippen LogP contribution in [-0.2, 0) is 9.53 Å². The second-order valence-corrected chi connectivity index (χ2v) is 2.78. The summed E-state index contributed by atoms with van der Waals surface area (Å²) >= 11 is 0. The second kappa shape index (κ2) is 4.31. The molecule has 11 heavy (non-hydrogen) atoms. The molecular formula is C7H15NO3. The zero-order chi connectivity index (χ0) is 8.91. The minimum atomic E-state index is -1.25. The normalized spacial score (nSPS) is 15.9. The van der Waals surface area contributed by atoms with E-state index in [2.05, 4.69) is 0 Å². The first-order valence-electron chi connectivity index (χ1n) is 3.60. The number of carbonyl (C=O) groups is 1. The summed E-state index contributed by atoms with van der Waals surface area (Å²) in [5, 5.41) is 8.54. The van der Waals surface area contributed by atoms with Crippen molar-refractivity contribution in [3.8, 4) is 0 Å². The van der Waals surface area contributed by atoms with Crippen molar-refractivity contribution >= 4 is 5.97 Å². The van der Waals surface area contributed by atoms with Gasteiger partial charge in [0, 0.05) is 6.61 Å². The van der Waals surface area contributed by atoms with Gasteiger partial charge in [-0.05, 0) is 13.3 Å². The molecular weight excluding hydrogens is 146 g/mol. The predicted octanol–water partition coefficient (Wildman–Crippen LogP) is 0.215. The van der Waals surface area contributed by atoms with Gasteiger partial charge < -0.3 is 15.6 Å². The molecule has 0 spiro atoms. The van der Waals surface area contributed by atoms with E-state index in [1.165, 1.54) is 6.92 Å². The van der Waals surface area contributed by atoms with E-state index in [1.54, 1.807) is 0 Å². The van der Waals surface area contributed by atoms with Crippen LogP contribution in [0.4, 0.5) is 0 Å². The molecule has 0 rings (SSSR count). The standard InChI is InChI=1S/C7H15NO3/c1-3-4-11-5-7(2,8)6(9)10/h3-5,8H2,1-2H3,(H,9,10). The molecule has 0 bridgehead atoms. The second-order valence-electron chi connectivity index (χ2n) is 2.78. The number of hydrogen-bond acceptors (Lipinski definition) is 3. The van der Waals surface area contributed by atoms with Crippen LogP contribution in [0.15, 0.2) is 0 Å². The SMILES string of the molecule is CCCOCC(C)(N)C(=O)O. The lowest BCUT2D eigenvalue weighted by atomic mass is 10.1. The average Bonchev–Trinajstić information content (AvgIpc) is 1.88. The summed E-state index contributed by atoms with van der Waals surface area (Å²) in [6.07, 6.45) is 0.871. The number of aliphatic carboxylic acids is 1. The first-order valence-corrected chi connectivity index (χ1v) is 3.60. The van der Waals surface area contributed by atoms with Crippen molar-refractivity contribution in [1.82, 2.24) is 0 Å². The lowest BCUT2D eigenvalue weighted by molar-refractivity contribution is -0.145. The Morgan fingerprint density at radius 1 is 1.73 bits per heavy atom. The Hall–Kier alpha value is -0.610. The van der Waals surface area contributed by atoms with E-state index in [0.717, 1.165) is 6.42 Å². The van der Waals surface area contributed by atoms with Crippen LogP contribution in [-0.4, -0.2) is 29.8 Å². The van der Waals surface area contributed by atoms with Crippen LogP contribution < -0.4 is 5.73 Å². The number of nitrogens with two attached hydrogens (primary N) is 1.